The minimum absolute atomic E-state index is 0.363. The Kier molecular flexibility index (Phi) is 6.58. The topological polar surface area (TPSA) is 73.9 Å². The van der Waals surface area contributed by atoms with Crippen molar-refractivity contribution >= 4 is 36.8 Å². The Morgan fingerprint density at radius 3 is 2.64 bits per heavy atom. The number of nitrogens with one attached hydrogen (secondary N) is 1. The molecule has 1 aromatic rings. The van der Waals surface area contributed by atoms with Gasteiger partial charge >= 0.3 is 13.6 Å². The number of carbonyl (C=O) groups excluding carboxylic acids is 1. The van der Waals surface area contributed by atoms with Crippen LogP contribution in [-0.2, 0) is 18.4 Å². The van der Waals surface area contributed by atoms with Gasteiger partial charge < -0.3 is 19.1 Å². The summed E-state index contributed by atoms with van der Waals surface area (Å²) in [5.74, 6) is -0.343. The molecule has 1 aromatic carbocycles. The van der Waals surface area contributed by atoms with Crippen molar-refractivity contribution in [3.63, 3.8) is 0 Å². The van der Waals surface area contributed by atoms with E-state index in [1.54, 1.807) is 30.3 Å². The minimum Gasteiger partial charge on any atom is -0.482 e. The fourth-order valence-corrected chi connectivity index (χ4v) is 4.44. The summed E-state index contributed by atoms with van der Waals surface area (Å²) in [6.45, 7) is 1.12. The molecule has 25 heavy (non-hydrogen) atoms. The molecule has 0 spiro atoms. The predicted molar refractivity (Wildman–Crippen MR) is 96.9 cm³/mol. The molecule has 0 amide bonds. The Bertz CT molecular complexity index is 724. The molecule has 1 N–H and O–H groups in total. The number of rotatable bonds is 7. The molecule has 0 saturated carbocycles. The van der Waals surface area contributed by atoms with Crippen molar-refractivity contribution in [1.82, 2.24) is 5.32 Å². The summed E-state index contributed by atoms with van der Waals surface area (Å²) in [7, 11) is -2.70. The highest BCUT2D eigenvalue weighted by Gasteiger charge is 2.48. The van der Waals surface area contributed by atoms with E-state index in [0.29, 0.717) is 10.8 Å². The molecule has 0 bridgehead atoms. The van der Waals surface area contributed by atoms with E-state index < -0.39 is 30.8 Å². The van der Waals surface area contributed by atoms with Gasteiger partial charge in [0.05, 0.1) is 0 Å². The number of allylic oxidation sites excluding steroid dienone is 2. The van der Waals surface area contributed by atoms with Crippen LogP contribution < -0.4 is 10.1 Å². The first-order valence-corrected chi connectivity index (χ1v) is 9.73. The number of ether oxygens (including phenoxy) is 1. The number of dihydropyridines is 1. The second-order valence-corrected chi connectivity index (χ2v) is 8.70. The van der Waals surface area contributed by atoms with Gasteiger partial charge in [-0.1, -0.05) is 41.4 Å². The second-order valence-electron chi connectivity index (χ2n) is 5.24. The van der Waals surface area contributed by atoms with Gasteiger partial charge in [-0.05, 0) is 37.4 Å². The van der Waals surface area contributed by atoms with Crippen molar-refractivity contribution in [2.45, 2.75) is 17.6 Å². The van der Waals surface area contributed by atoms with Crippen molar-refractivity contribution in [1.29, 1.82) is 0 Å². The molecule has 2 rings (SSSR count). The normalized spacial score (nSPS) is 23.0. The summed E-state index contributed by atoms with van der Waals surface area (Å²) >= 11 is 12.4. The number of halogens is 2. The SMILES string of the molecule is COP(=O)(OC(=O)COc1ccccc1)C(C)C1(Cl)C=C(Cl)C=CN1. The highest BCUT2D eigenvalue weighted by molar-refractivity contribution is 7.55. The second kappa shape index (κ2) is 8.28. The maximum Gasteiger partial charge on any atom is 0.387 e. The third-order valence-corrected chi connectivity index (χ3v) is 6.82. The zero-order chi connectivity index (χ0) is 18.5. The molecule has 0 fully saturated rings. The van der Waals surface area contributed by atoms with E-state index >= 15 is 0 Å². The molecule has 1 aliphatic heterocycles. The quantitative estimate of drug-likeness (QED) is 0.419. The first-order valence-electron chi connectivity index (χ1n) is 7.36. The first-order chi connectivity index (χ1) is 11.8. The van der Waals surface area contributed by atoms with Gasteiger partial charge in [-0.25, -0.2) is 9.36 Å². The van der Waals surface area contributed by atoms with Crippen LogP contribution in [0.1, 0.15) is 6.92 Å². The summed E-state index contributed by atoms with van der Waals surface area (Å²) in [6, 6.07) is 8.71. The lowest BCUT2D eigenvalue weighted by Gasteiger charge is -2.35. The number of hydrogen-bond donors (Lipinski definition) is 1. The van der Waals surface area contributed by atoms with Crippen molar-refractivity contribution in [3.8, 4) is 5.75 Å². The average molecular weight is 406 g/mol. The molecular weight excluding hydrogens is 388 g/mol. The van der Waals surface area contributed by atoms with Gasteiger partial charge in [-0.3, -0.25) is 0 Å². The number of carbonyl (C=O) groups is 1. The van der Waals surface area contributed by atoms with Gasteiger partial charge in [0.25, 0.3) is 0 Å². The maximum atomic E-state index is 13.0. The molecule has 3 atom stereocenters. The molecule has 0 saturated heterocycles. The standard InChI is InChI=1S/C16H18Cl2NO5P/c1-12(16(18)10-13(17)8-9-19-16)25(21,22-2)24-15(20)11-23-14-6-4-3-5-7-14/h3-10,12,19H,11H2,1-2H3. The molecule has 6 nitrogen and oxygen atoms in total. The molecule has 136 valence electrons. The van der Waals surface area contributed by atoms with Gasteiger partial charge in [0.2, 0.25) is 0 Å². The van der Waals surface area contributed by atoms with Gasteiger partial charge in [-0.2, -0.15) is 0 Å². The molecule has 0 radical (unpaired) electrons. The largest absolute Gasteiger partial charge is 0.482 e. The van der Waals surface area contributed by atoms with Gasteiger partial charge in [0.15, 0.2) is 6.61 Å². The molecule has 0 aromatic heterocycles. The third kappa shape index (κ3) is 5.02. The first kappa shape index (κ1) is 19.9. The van der Waals surface area contributed by atoms with E-state index in [2.05, 4.69) is 5.32 Å². The van der Waals surface area contributed by atoms with Crippen LogP contribution in [0.15, 0.2) is 53.7 Å². The van der Waals surface area contributed by atoms with Crippen molar-refractivity contribution in [3.05, 3.63) is 53.7 Å². The summed E-state index contributed by atoms with van der Waals surface area (Å²) in [5, 5.41) is 3.21. The van der Waals surface area contributed by atoms with Gasteiger partial charge in [-0.15, -0.1) is 0 Å². The molecule has 3 unspecified atom stereocenters. The van der Waals surface area contributed by atoms with E-state index in [1.807, 2.05) is 6.07 Å². The Morgan fingerprint density at radius 1 is 1.36 bits per heavy atom. The number of para-hydroxylation sites is 1. The Labute approximate surface area is 156 Å². The maximum absolute atomic E-state index is 13.0. The van der Waals surface area contributed by atoms with Gasteiger partial charge in [0.1, 0.15) is 16.4 Å². The van der Waals surface area contributed by atoms with Crippen LogP contribution in [-0.4, -0.2) is 30.3 Å². The van der Waals surface area contributed by atoms with Crippen molar-refractivity contribution < 1.29 is 23.1 Å². The van der Waals surface area contributed by atoms with Crippen LogP contribution >= 0.6 is 30.8 Å². The van der Waals surface area contributed by atoms with E-state index in [9.17, 15) is 9.36 Å². The fraction of sp³-hybridized carbons (Fsp3) is 0.312. The van der Waals surface area contributed by atoms with Crippen LogP contribution in [0.25, 0.3) is 0 Å². The molecule has 9 heteroatoms. The van der Waals surface area contributed by atoms with Crippen LogP contribution in [0.3, 0.4) is 0 Å². The van der Waals surface area contributed by atoms with Crippen LogP contribution in [0.4, 0.5) is 0 Å². The lowest BCUT2D eigenvalue weighted by molar-refractivity contribution is -0.137. The number of hydrogen-bond acceptors (Lipinski definition) is 6. The predicted octanol–water partition coefficient (Wildman–Crippen LogP) is 4.01. The zero-order valence-electron chi connectivity index (χ0n) is 13.6. The van der Waals surface area contributed by atoms with E-state index in [0.717, 1.165) is 0 Å². The van der Waals surface area contributed by atoms with Crippen LogP contribution in [0, 0.1) is 0 Å². The Hall–Kier alpha value is -1.46. The zero-order valence-corrected chi connectivity index (χ0v) is 16.1. The third-order valence-electron chi connectivity index (χ3n) is 3.56. The van der Waals surface area contributed by atoms with Crippen LogP contribution in [0.2, 0.25) is 0 Å². The number of benzene rings is 1. The van der Waals surface area contributed by atoms with Crippen molar-refractivity contribution in [2.75, 3.05) is 13.7 Å². The molecule has 1 heterocycles. The Balaban J connectivity index is 2.05. The lowest BCUT2D eigenvalue weighted by atomic mass is 10.1. The van der Waals surface area contributed by atoms with E-state index in [4.69, 9.17) is 37.0 Å². The fourth-order valence-electron chi connectivity index (χ4n) is 2.11. The molecule has 1 aliphatic rings. The lowest BCUT2D eigenvalue weighted by Crippen LogP contribution is -2.46. The van der Waals surface area contributed by atoms with Crippen LogP contribution in [0.5, 0.6) is 5.75 Å². The number of alkyl halides is 1. The summed E-state index contributed by atoms with van der Waals surface area (Å²) in [5.41, 5.74) is -0.911. The summed E-state index contributed by atoms with van der Waals surface area (Å²) in [4.78, 5) is 10.7. The summed E-state index contributed by atoms with van der Waals surface area (Å²) in [6.07, 6.45) is 4.58. The van der Waals surface area contributed by atoms with E-state index in [1.165, 1.54) is 26.3 Å². The molecular formula is C16H18Cl2NO5P. The van der Waals surface area contributed by atoms with E-state index in [-0.39, 0.29) is 0 Å². The van der Waals surface area contributed by atoms with Gasteiger partial charge in [0, 0.05) is 12.1 Å². The Morgan fingerprint density at radius 2 is 2.04 bits per heavy atom. The monoisotopic (exact) mass is 405 g/mol. The van der Waals surface area contributed by atoms with Crippen molar-refractivity contribution in [2.24, 2.45) is 0 Å². The minimum atomic E-state index is -3.89. The average Bonchev–Trinajstić information content (AvgIpc) is 2.60. The smallest absolute Gasteiger partial charge is 0.387 e. The summed E-state index contributed by atoms with van der Waals surface area (Å²) < 4.78 is 28.3. The molecule has 0 aliphatic carbocycles. The highest BCUT2D eigenvalue weighted by atomic mass is 35.5. The highest BCUT2D eigenvalue weighted by Crippen LogP contribution is 2.57.